The number of benzene rings is 1. The molecule has 0 radical (unpaired) electrons. The summed E-state index contributed by atoms with van der Waals surface area (Å²) in [6.07, 6.45) is 3.21. The number of hydrogen-bond donors (Lipinski definition) is 1. The van der Waals surface area contributed by atoms with Crippen molar-refractivity contribution in [1.29, 1.82) is 0 Å². The van der Waals surface area contributed by atoms with Gasteiger partial charge in [-0.3, -0.25) is 0 Å². The predicted molar refractivity (Wildman–Crippen MR) is 104 cm³/mol. The second-order valence-corrected chi connectivity index (χ2v) is 8.54. The summed E-state index contributed by atoms with van der Waals surface area (Å²) >= 11 is 0. The molecular weight excluding hydrogens is 342 g/mol. The van der Waals surface area contributed by atoms with E-state index >= 15 is 0 Å². The Morgan fingerprint density at radius 1 is 0.963 bits per heavy atom. The minimum atomic E-state index is -0.505. The number of piperidine rings is 1. The van der Waals surface area contributed by atoms with Crippen LogP contribution in [0.25, 0.3) is 0 Å². The van der Waals surface area contributed by atoms with Crippen molar-refractivity contribution in [3.8, 4) is 0 Å². The minimum Gasteiger partial charge on any atom is -0.444 e. The highest BCUT2D eigenvalue weighted by molar-refractivity contribution is 5.76. The molecule has 2 fully saturated rings. The van der Waals surface area contributed by atoms with Crippen molar-refractivity contribution in [2.75, 3.05) is 26.2 Å². The van der Waals surface area contributed by atoms with Crippen molar-refractivity contribution >= 4 is 12.1 Å². The molecule has 0 saturated carbocycles. The van der Waals surface area contributed by atoms with Crippen molar-refractivity contribution in [3.05, 3.63) is 35.9 Å². The maximum absolute atomic E-state index is 12.8. The van der Waals surface area contributed by atoms with Gasteiger partial charge in [-0.2, -0.15) is 0 Å². The highest BCUT2D eigenvalue weighted by atomic mass is 16.6. The number of nitrogens with one attached hydrogen (secondary N) is 1. The zero-order valence-electron chi connectivity index (χ0n) is 16.7. The van der Waals surface area contributed by atoms with Gasteiger partial charge in [0.05, 0.1) is 5.54 Å². The maximum Gasteiger partial charge on any atom is 0.410 e. The van der Waals surface area contributed by atoms with Gasteiger partial charge >= 0.3 is 12.1 Å². The van der Waals surface area contributed by atoms with Gasteiger partial charge in [0.2, 0.25) is 0 Å². The summed E-state index contributed by atoms with van der Waals surface area (Å²) < 4.78 is 5.50. The summed E-state index contributed by atoms with van der Waals surface area (Å²) in [4.78, 5) is 28.8. The Labute approximate surface area is 161 Å². The number of ether oxygens (including phenoxy) is 1. The average molecular weight is 373 g/mol. The van der Waals surface area contributed by atoms with Gasteiger partial charge in [-0.05, 0) is 52.0 Å². The number of nitrogens with zero attached hydrogens (tertiary/aromatic N) is 2. The molecule has 27 heavy (non-hydrogen) atoms. The molecule has 6 heteroatoms. The molecule has 2 aliphatic heterocycles. The predicted octanol–water partition coefficient (Wildman–Crippen LogP) is 3.72. The molecule has 1 aromatic rings. The first-order valence-corrected chi connectivity index (χ1v) is 9.90. The lowest BCUT2D eigenvalue weighted by atomic mass is 9.81. The van der Waals surface area contributed by atoms with Gasteiger partial charge in [0.25, 0.3) is 0 Å². The quantitative estimate of drug-likeness (QED) is 0.859. The van der Waals surface area contributed by atoms with Gasteiger partial charge in [0, 0.05) is 26.2 Å². The van der Waals surface area contributed by atoms with Gasteiger partial charge in [-0.15, -0.1) is 0 Å². The summed E-state index contributed by atoms with van der Waals surface area (Å²) in [7, 11) is 0. The molecule has 148 valence electrons. The third kappa shape index (κ3) is 4.73. The van der Waals surface area contributed by atoms with Crippen LogP contribution in [-0.2, 0) is 10.3 Å². The molecule has 2 heterocycles. The summed E-state index contributed by atoms with van der Waals surface area (Å²) in [6, 6.07) is 10.1. The maximum atomic E-state index is 12.8. The minimum absolute atomic E-state index is 0.00192. The fourth-order valence-electron chi connectivity index (χ4n) is 3.84. The van der Waals surface area contributed by atoms with E-state index in [9.17, 15) is 9.59 Å². The molecule has 0 unspecified atom stereocenters. The molecule has 2 saturated heterocycles. The number of rotatable bonds is 2. The van der Waals surface area contributed by atoms with Crippen molar-refractivity contribution in [2.24, 2.45) is 0 Å². The van der Waals surface area contributed by atoms with Gasteiger partial charge in [0.1, 0.15) is 5.60 Å². The molecule has 6 nitrogen and oxygen atoms in total. The fourth-order valence-corrected chi connectivity index (χ4v) is 3.84. The van der Waals surface area contributed by atoms with E-state index in [1.807, 2.05) is 43.9 Å². The molecule has 0 aliphatic carbocycles. The third-order valence-corrected chi connectivity index (χ3v) is 5.33. The number of carbonyl (C=O) groups excluding carboxylic acids is 2. The lowest BCUT2D eigenvalue weighted by Crippen LogP contribution is -2.56. The summed E-state index contributed by atoms with van der Waals surface area (Å²) in [5, 5.41) is 3.31. The van der Waals surface area contributed by atoms with Crippen LogP contribution in [0.3, 0.4) is 0 Å². The number of amides is 3. The van der Waals surface area contributed by atoms with Crippen molar-refractivity contribution in [1.82, 2.24) is 15.1 Å². The van der Waals surface area contributed by atoms with E-state index in [1.165, 1.54) is 0 Å². The summed E-state index contributed by atoms with van der Waals surface area (Å²) in [6.45, 7) is 8.38. The monoisotopic (exact) mass is 373 g/mol. The van der Waals surface area contributed by atoms with Crippen LogP contribution in [0.15, 0.2) is 30.3 Å². The van der Waals surface area contributed by atoms with Gasteiger partial charge < -0.3 is 19.9 Å². The Morgan fingerprint density at radius 2 is 1.56 bits per heavy atom. The second-order valence-electron chi connectivity index (χ2n) is 8.54. The van der Waals surface area contributed by atoms with Gasteiger partial charge in [0.15, 0.2) is 0 Å². The topological polar surface area (TPSA) is 61.9 Å². The van der Waals surface area contributed by atoms with Crippen LogP contribution in [0.1, 0.15) is 52.0 Å². The SMILES string of the molecule is CC(C)(C)OC(=O)N1CCC(NC(=O)N2CCCC2)(c2ccccc2)CC1. The average Bonchev–Trinajstić information content (AvgIpc) is 3.16. The first-order chi connectivity index (χ1) is 12.8. The van der Waals surface area contributed by atoms with Crippen LogP contribution in [0.4, 0.5) is 9.59 Å². The second kappa shape index (κ2) is 7.79. The van der Waals surface area contributed by atoms with Crippen LogP contribution in [0.5, 0.6) is 0 Å². The lowest BCUT2D eigenvalue weighted by Gasteiger charge is -2.43. The van der Waals surface area contributed by atoms with Crippen LogP contribution in [-0.4, -0.2) is 53.7 Å². The molecule has 1 N–H and O–H groups in total. The molecule has 0 bridgehead atoms. The number of urea groups is 1. The molecular formula is C21H31N3O3. The zero-order valence-corrected chi connectivity index (χ0v) is 16.7. The molecule has 0 aromatic heterocycles. The van der Waals surface area contributed by atoms with Crippen LogP contribution >= 0.6 is 0 Å². The van der Waals surface area contributed by atoms with Crippen LogP contribution < -0.4 is 5.32 Å². The van der Waals surface area contributed by atoms with E-state index in [1.54, 1.807) is 4.90 Å². The zero-order chi connectivity index (χ0) is 19.5. The van der Waals surface area contributed by atoms with E-state index in [0.29, 0.717) is 25.9 Å². The molecule has 2 aliphatic rings. The lowest BCUT2D eigenvalue weighted by molar-refractivity contribution is 0.0149. The Hall–Kier alpha value is -2.24. The largest absolute Gasteiger partial charge is 0.444 e. The normalized spacial score (nSPS) is 19.7. The van der Waals surface area contributed by atoms with Crippen LogP contribution in [0, 0.1) is 0 Å². The van der Waals surface area contributed by atoms with Crippen molar-refractivity contribution in [2.45, 2.75) is 57.6 Å². The fraction of sp³-hybridized carbons (Fsp3) is 0.619. The first-order valence-electron chi connectivity index (χ1n) is 9.90. The third-order valence-electron chi connectivity index (χ3n) is 5.33. The molecule has 0 spiro atoms. The highest BCUT2D eigenvalue weighted by Crippen LogP contribution is 2.34. The first kappa shape index (κ1) is 19.5. The van der Waals surface area contributed by atoms with E-state index in [4.69, 9.17) is 4.74 Å². The van der Waals surface area contributed by atoms with Gasteiger partial charge in [-0.25, -0.2) is 9.59 Å². The molecule has 3 amide bonds. The van der Waals surface area contributed by atoms with E-state index in [2.05, 4.69) is 17.4 Å². The Balaban J connectivity index is 1.73. The summed E-state index contributed by atoms with van der Waals surface area (Å²) in [5.41, 5.74) is 0.149. The number of likely N-dealkylation sites (tertiary alicyclic amines) is 2. The number of carbonyl (C=O) groups is 2. The Bertz CT molecular complexity index is 655. The van der Waals surface area contributed by atoms with Gasteiger partial charge in [-0.1, -0.05) is 30.3 Å². The Kier molecular flexibility index (Phi) is 5.63. The smallest absolute Gasteiger partial charge is 0.410 e. The van der Waals surface area contributed by atoms with E-state index in [0.717, 1.165) is 31.5 Å². The van der Waals surface area contributed by atoms with Crippen LogP contribution in [0.2, 0.25) is 0 Å². The van der Waals surface area contributed by atoms with E-state index < -0.39 is 11.1 Å². The molecule has 3 rings (SSSR count). The van der Waals surface area contributed by atoms with Crippen molar-refractivity contribution in [3.63, 3.8) is 0 Å². The number of hydrogen-bond acceptors (Lipinski definition) is 3. The highest BCUT2D eigenvalue weighted by Gasteiger charge is 2.40. The van der Waals surface area contributed by atoms with E-state index in [-0.39, 0.29) is 12.1 Å². The standard InChI is InChI=1S/C21H31N3O3/c1-20(2,3)27-19(26)24-15-11-21(12-16-24,17-9-5-4-6-10-17)22-18(25)23-13-7-8-14-23/h4-6,9-10H,7-8,11-16H2,1-3H3,(H,22,25). The van der Waals surface area contributed by atoms with Crippen molar-refractivity contribution < 1.29 is 14.3 Å². The summed E-state index contributed by atoms with van der Waals surface area (Å²) in [5.74, 6) is 0. The molecule has 1 aromatic carbocycles. The molecule has 0 atom stereocenters. The Morgan fingerprint density at radius 3 is 2.11 bits per heavy atom.